The van der Waals surface area contributed by atoms with Crippen molar-refractivity contribution in [3.8, 4) is 62.6 Å². The number of carbonyl (C=O) groups excluding carboxylic acids is 3. The lowest BCUT2D eigenvalue weighted by molar-refractivity contribution is -0.136. The Kier molecular flexibility index (Phi) is 13.5. The van der Waals surface area contributed by atoms with Crippen LogP contribution in [-0.2, 0) is 46.6 Å². The zero-order valence-corrected chi connectivity index (χ0v) is 44.5. The Labute approximate surface area is 461 Å². The Morgan fingerprint density at radius 1 is 0.556 bits per heavy atom. The Hall–Kier alpha value is -9.82. The van der Waals surface area contributed by atoms with Crippen molar-refractivity contribution in [2.75, 3.05) is 28.4 Å². The molecule has 3 atom stereocenters. The monoisotopic (exact) mass is 1090 g/mol. The second-order valence-electron chi connectivity index (χ2n) is 19.8. The number of rotatable bonds is 17. The topological polar surface area (TPSA) is 276 Å². The standard InChI is InChI=1S/C62H55N7O12/c1-74-49-24-31(17-18-47(49)78-59(70)41(63)21-32-28-66-44-14-8-5-11-35(32)44)53-54-40-26-50(75-2)51(80-60(71)42(64)22-33-29-67-45-15-9-6-12-36(33)45)27-48(40)79-62(73)56(54)69-20-19-38-39(55(53)69)25-52(76-3)58(77-4)57(38)81-61(72)43(65)23-34-30-68-46-16-10-7-13-37(34)46/h5-18,24-30,41-43,66-68H,19-23,63-65H2,1-4H3/t41-,42-,43-/m0/s1. The van der Waals surface area contributed by atoms with Gasteiger partial charge in [0.2, 0.25) is 5.75 Å². The van der Waals surface area contributed by atoms with Gasteiger partial charge in [-0.3, -0.25) is 0 Å². The molecule has 0 spiro atoms. The Bertz CT molecular complexity index is 4380. The van der Waals surface area contributed by atoms with Crippen LogP contribution in [-0.4, -0.2) is 84.0 Å². The van der Waals surface area contributed by atoms with Crippen molar-refractivity contribution in [3.63, 3.8) is 0 Å². The highest BCUT2D eigenvalue weighted by molar-refractivity contribution is 6.17. The van der Waals surface area contributed by atoms with Crippen LogP contribution in [0, 0.1) is 0 Å². The van der Waals surface area contributed by atoms with Crippen molar-refractivity contribution < 1.29 is 52.0 Å². The SMILES string of the molecule is COc1cc(-c2c3n(c4c(=O)oc5cc(OC(=O)[C@@H](N)Cc6c[nH]c7ccccc67)c(OC)cc5c24)CCc2c-3cc(OC)c(OC)c2OC(=O)[C@@H](N)Cc2c[nH]c3ccccc23)ccc1OC(=O)[C@@H](N)Cc1c[nH]c2ccccc12. The van der Waals surface area contributed by atoms with Gasteiger partial charge in [0.1, 0.15) is 29.2 Å². The molecule has 9 N–H and O–H groups in total. The minimum atomic E-state index is -1.09. The fraction of sp³-hybridized carbons (Fsp3) is 0.194. The second-order valence-corrected chi connectivity index (χ2v) is 19.8. The van der Waals surface area contributed by atoms with E-state index in [2.05, 4.69) is 15.0 Å². The van der Waals surface area contributed by atoms with E-state index in [9.17, 15) is 19.2 Å². The predicted molar refractivity (Wildman–Crippen MR) is 306 cm³/mol. The number of nitrogens with zero attached hydrogens (tertiary/aromatic N) is 1. The van der Waals surface area contributed by atoms with E-state index in [0.717, 1.165) is 49.4 Å². The van der Waals surface area contributed by atoms with Gasteiger partial charge < -0.3 is 74.3 Å². The molecule has 0 fully saturated rings. The molecule has 0 unspecified atom stereocenters. The van der Waals surface area contributed by atoms with Crippen LogP contribution in [0.25, 0.3) is 77.0 Å². The van der Waals surface area contributed by atoms with Crippen LogP contribution in [0.1, 0.15) is 22.3 Å². The van der Waals surface area contributed by atoms with Gasteiger partial charge in [-0.25, -0.2) is 19.2 Å². The van der Waals surface area contributed by atoms with Gasteiger partial charge in [-0.05, 0) is 71.1 Å². The molecule has 6 heterocycles. The number of aromatic amines is 3. The summed E-state index contributed by atoms with van der Waals surface area (Å²) in [5, 5.41) is 3.61. The maximum atomic E-state index is 14.8. The molecular formula is C62H55N7O12. The van der Waals surface area contributed by atoms with Crippen molar-refractivity contribution in [1.82, 2.24) is 19.5 Å². The largest absolute Gasteiger partial charge is 0.493 e. The number of esters is 3. The molecule has 19 nitrogen and oxygen atoms in total. The molecule has 1 aliphatic rings. The number of aromatic nitrogens is 4. The Morgan fingerprint density at radius 3 is 1.59 bits per heavy atom. The summed E-state index contributed by atoms with van der Waals surface area (Å²) < 4.78 is 50.0. The van der Waals surface area contributed by atoms with Gasteiger partial charge in [-0.1, -0.05) is 60.7 Å². The number of carbonyl (C=O) groups is 3. The number of aryl methyl sites for hydroxylation is 1. The van der Waals surface area contributed by atoms with E-state index in [1.54, 1.807) is 30.3 Å². The Balaban J connectivity index is 0.978. The molecule has 0 saturated carbocycles. The van der Waals surface area contributed by atoms with Gasteiger partial charge in [0, 0.05) is 111 Å². The summed E-state index contributed by atoms with van der Waals surface area (Å²) in [5.41, 5.74) is 26.9. The van der Waals surface area contributed by atoms with Crippen LogP contribution < -0.4 is 56.0 Å². The molecular weight excluding hydrogens is 1030 g/mol. The first-order valence-corrected chi connectivity index (χ1v) is 26.1. The highest BCUT2D eigenvalue weighted by Crippen LogP contribution is 2.53. The lowest BCUT2D eigenvalue weighted by Gasteiger charge is -2.26. The summed E-state index contributed by atoms with van der Waals surface area (Å²) in [5.74, 6) is -1.35. The number of hydrogen-bond donors (Lipinski definition) is 6. The average molecular weight is 1090 g/mol. The summed E-state index contributed by atoms with van der Waals surface area (Å²) in [6, 6.07) is 29.8. The summed E-state index contributed by atoms with van der Waals surface area (Å²) in [6.45, 7) is 0.179. The molecule has 1 aliphatic heterocycles. The zero-order valence-electron chi connectivity index (χ0n) is 44.5. The van der Waals surface area contributed by atoms with Gasteiger partial charge in [-0.15, -0.1) is 0 Å². The number of H-pyrrole nitrogens is 3. The highest BCUT2D eigenvalue weighted by Gasteiger charge is 2.36. The Morgan fingerprint density at radius 2 is 1.06 bits per heavy atom. The first kappa shape index (κ1) is 51.9. The lowest BCUT2D eigenvalue weighted by Crippen LogP contribution is -2.36. The minimum absolute atomic E-state index is 0.0373. The van der Waals surface area contributed by atoms with Gasteiger partial charge in [0.05, 0.1) is 34.1 Å². The summed E-state index contributed by atoms with van der Waals surface area (Å²) in [6.07, 6.45) is 6.23. The summed E-state index contributed by atoms with van der Waals surface area (Å²) in [4.78, 5) is 66.2. The highest BCUT2D eigenvalue weighted by atomic mass is 16.6. The average Bonchev–Trinajstić information content (AvgIpc) is 4.49. The normalized spacial score (nSPS) is 13.2. The van der Waals surface area contributed by atoms with E-state index in [-0.39, 0.29) is 83.6 Å². The van der Waals surface area contributed by atoms with E-state index in [1.165, 1.54) is 34.5 Å². The molecule has 12 rings (SSSR count). The van der Waals surface area contributed by atoms with Crippen molar-refractivity contribution >= 4 is 72.5 Å². The number of nitrogens with two attached hydrogens (primary N) is 3. The van der Waals surface area contributed by atoms with Gasteiger partial charge in [-0.2, -0.15) is 0 Å². The molecule has 410 valence electrons. The van der Waals surface area contributed by atoms with Crippen molar-refractivity contribution in [2.24, 2.45) is 17.2 Å². The van der Waals surface area contributed by atoms with Crippen LogP contribution in [0.2, 0.25) is 0 Å². The summed E-state index contributed by atoms with van der Waals surface area (Å²) in [7, 11) is 5.77. The van der Waals surface area contributed by atoms with Crippen LogP contribution in [0.5, 0.6) is 40.2 Å². The van der Waals surface area contributed by atoms with Crippen LogP contribution >= 0.6 is 0 Å². The minimum Gasteiger partial charge on any atom is -0.493 e. The molecule has 0 aliphatic carbocycles. The molecule has 81 heavy (non-hydrogen) atoms. The lowest BCUT2D eigenvalue weighted by atomic mass is 9.91. The number of para-hydroxylation sites is 3. The van der Waals surface area contributed by atoms with Gasteiger partial charge in [0.15, 0.2) is 34.5 Å². The molecule has 0 amide bonds. The van der Waals surface area contributed by atoms with E-state index < -0.39 is 41.7 Å². The van der Waals surface area contributed by atoms with Crippen molar-refractivity contribution in [2.45, 2.75) is 50.4 Å². The molecule has 11 aromatic rings. The van der Waals surface area contributed by atoms with E-state index >= 15 is 0 Å². The smallest absolute Gasteiger partial charge is 0.361 e. The second kappa shape index (κ2) is 21.1. The molecule has 0 bridgehead atoms. The maximum Gasteiger partial charge on any atom is 0.361 e. The molecule has 6 aromatic carbocycles. The quantitative estimate of drug-likeness (QED) is 0.0283. The third-order valence-electron chi connectivity index (χ3n) is 15.1. The van der Waals surface area contributed by atoms with Crippen LogP contribution in [0.4, 0.5) is 0 Å². The maximum absolute atomic E-state index is 14.8. The van der Waals surface area contributed by atoms with Crippen molar-refractivity contribution in [1.29, 1.82) is 0 Å². The van der Waals surface area contributed by atoms with Crippen LogP contribution in [0.3, 0.4) is 0 Å². The first-order chi connectivity index (χ1) is 39.3. The third-order valence-corrected chi connectivity index (χ3v) is 15.1. The van der Waals surface area contributed by atoms with Gasteiger partial charge in [0.25, 0.3) is 0 Å². The number of ether oxygens (including phenoxy) is 7. The number of fused-ring (bicyclic) bond motifs is 10. The molecule has 0 radical (unpaired) electrons. The number of hydrogen-bond acceptors (Lipinski definition) is 15. The third kappa shape index (κ3) is 9.21. The molecule has 0 saturated heterocycles. The zero-order chi connectivity index (χ0) is 56.2. The predicted octanol–water partition coefficient (Wildman–Crippen LogP) is 8.54. The van der Waals surface area contributed by atoms with Crippen LogP contribution in [0.15, 0.2) is 137 Å². The fourth-order valence-corrected chi connectivity index (χ4v) is 11.2. The van der Waals surface area contributed by atoms with E-state index in [4.69, 9.17) is 54.8 Å². The first-order valence-electron chi connectivity index (χ1n) is 26.1. The molecule has 5 aromatic heterocycles. The fourth-order valence-electron chi connectivity index (χ4n) is 11.2. The van der Waals surface area contributed by atoms with Gasteiger partial charge >= 0.3 is 23.5 Å². The molecule has 19 heteroatoms. The number of nitrogens with one attached hydrogen (secondary N) is 3. The van der Waals surface area contributed by atoms with E-state index in [1.807, 2.05) is 96.0 Å². The number of methoxy groups -OCH3 is 4. The van der Waals surface area contributed by atoms with Crippen molar-refractivity contribution in [3.05, 3.63) is 160 Å². The van der Waals surface area contributed by atoms with E-state index in [0.29, 0.717) is 38.7 Å². The number of benzene rings is 6. The summed E-state index contributed by atoms with van der Waals surface area (Å²) >= 11 is 0.